The van der Waals surface area contributed by atoms with Crippen LogP contribution >= 0.6 is 23.5 Å². The van der Waals surface area contributed by atoms with Gasteiger partial charge in [0, 0.05) is 43.7 Å². The lowest BCUT2D eigenvalue weighted by Crippen LogP contribution is -2.32. The average molecular weight is 675 g/mol. The highest BCUT2D eigenvalue weighted by molar-refractivity contribution is 8.02. The molecule has 5 heterocycles. The molecule has 3 aliphatic rings. The van der Waals surface area contributed by atoms with Crippen molar-refractivity contribution in [3.63, 3.8) is 0 Å². The molecule has 1 aliphatic carbocycles. The predicted molar refractivity (Wildman–Crippen MR) is 203 cm³/mol. The summed E-state index contributed by atoms with van der Waals surface area (Å²) in [5.41, 5.74) is 12.7. The van der Waals surface area contributed by atoms with Crippen LogP contribution in [0.1, 0.15) is 22.3 Å². The fourth-order valence-electron chi connectivity index (χ4n) is 8.21. The third-order valence-corrected chi connectivity index (χ3v) is 12.7. The van der Waals surface area contributed by atoms with Crippen molar-refractivity contribution >= 4 is 51.5 Å². The van der Waals surface area contributed by atoms with Gasteiger partial charge in [-0.15, -0.1) is 0 Å². The van der Waals surface area contributed by atoms with Crippen LogP contribution < -0.4 is 4.90 Å². The van der Waals surface area contributed by atoms with Crippen molar-refractivity contribution < 1.29 is 0 Å². The molecule has 0 saturated heterocycles. The molecule has 2 aliphatic heterocycles. The van der Waals surface area contributed by atoms with Crippen LogP contribution in [0.2, 0.25) is 0 Å². The zero-order valence-corrected chi connectivity index (χ0v) is 28.2. The highest BCUT2D eigenvalue weighted by atomic mass is 32.2. The Morgan fingerprint density at radius 2 is 1.22 bits per heavy atom. The molecule has 1 atom stereocenters. The second kappa shape index (κ2) is 10.7. The predicted octanol–water partition coefficient (Wildman–Crippen LogP) is 11.5. The summed E-state index contributed by atoms with van der Waals surface area (Å²) in [5, 5.41) is 1.09. The van der Waals surface area contributed by atoms with Gasteiger partial charge in [0.2, 0.25) is 0 Å². The normalized spacial score (nSPS) is 16.3. The molecule has 0 fully saturated rings. The molecular weight excluding hydrogens is 649 g/mol. The average Bonchev–Trinajstić information content (AvgIpc) is 3.47. The molecule has 5 aromatic carbocycles. The van der Waals surface area contributed by atoms with Crippen molar-refractivity contribution in [1.29, 1.82) is 0 Å². The molecule has 0 bridgehead atoms. The van der Waals surface area contributed by atoms with E-state index in [0.29, 0.717) is 0 Å². The van der Waals surface area contributed by atoms with Crippen LogP contribution in [0.5, 0.6) is 0 Å². The van der Waals surface area contributed by atoms with Crippen molar-refractivity contribution in [1.82, 2.24) is 15.0 Å². The summed E-state index contributed by atoms with van der Waals surface area (Å²) < 4.78 is 0. The standard InChI is InChI=1S/C44H26N4S2/c1-2-11-27(12-3-1)48-36-18-5-7-20-39(36)50-43-37(48)24-22-33-42(43)49-38-19-6-4-15-30(38)44(33)31-16-10-26-46-40(31)41-32(44)21-23-35(47-41)29-13-8-17-34-28(29)14-9-25-45-34/h1-26H. The lowest BCUT2D eigenvalue weighted by Gasteiger charge is -2.42. The molecule has 50 heavy (non-hydrogen) atoms. The molecule has 1 unspecified atom stereocenters. The molecule has 6 heteroatoms. The van der Waals surface area contributed by atoms with Crippen LogP contribution in [0, 0.1) is 0 Å². The van der Waals surface area contributed by atoms with E-state index in [9.17, 15) is 0 Å². The Hall–Kier alpha value is -5.69. The summed E-state index contributed by atoms with van der Waals surface area (Å²) in [6.45, 7) is 0. The summed E-state index contributed by atoms with van der Waals surface area (Å²) in [6.07, 6.45) is 3.75. The Labute approximate surface area is 297 Å². The number of fused-ring (bicyclic) bond motifs is 13. The fourth-order valence-corrected chi connectivity index (χ4v) is 10.8. The smallest absolute Gasteiger partial charge is 0.0945 e. The second-order valence-electron chi connectivity index (χ2n) is 12.7. The lowest BCUT2D eigenvalue weighted by atomic mass is 9.67. The lowest BCUT2D eigenvalue weighted by molar-refractivity contribution is 0.711. The van der Waals surface area contributed by atoms with Crippen LogP contribution in [-0.4, -0.2) is 15.0 Å². The first-order valence-corrected chi connectivity index (χ1v) is 18.3. The topological polar surface area (TPSA) is 41.9 Å². The van der Waals surface area contributed by atoms with E-state index in [-0.39, 0.29) is 0 Å². The number of benzene rings is 5. The summed E-state index contributed by atoms with van der Waals surface area (Å²) in [7, 11) is 0. The van der Waals surface area contributed by atoms with E-state index in [4.69, 9.17) is 9.97 Å². The number of pyridine rings is 3. The maximum absolute atomic E-state index is 5.47. The first-order valence-electron chi connectivity index (χ1n) is 16.7. The van der Waals surface area contributed by atoms with Crippen molar-refractivity contribution in [3.8, 4) is 22.6 Å². The van der Waals surface area contributed by atoms with Crippen LogP contribution in [0.3, 0.4) is 0 Å². The van der Waals surface area contributed by atoms with Gasteiger partial charge in [-0.3, -0.25) is 9.97 Å². The molecule has 11 rings (SSSR count). The molecule has 234 valence electrons. The first kappa shape index (κ1) is 28.2. The van der Waals surface area contributed by atoms with Gasteiger partial charge in [0.25, 0.3) is 0 Å². The molecule has 0 amide bonds. The summed E-state index contributed by atoms with van der Waals surface area (Å²) in [4.78, 5) is 22.6. The number of anilines is 3. The van der Waals surface area contributed by atoms with E-state index in [0.717, 1.165) is 39.2 Å². The van der Waals surface area contributed by atoms with Gasteiger partial charge in [-0.2, -0.15) is 0 Å². The fraction of sp³-hybridized carbons (Fsp3) is 0.0227. The van der Waals surface area contributed by atoms with Crippen LogP contribution in [0.25, 0.3) is 33.5 Å². The van der Waals surface area contributed by atoms with Gasteiger partial charge in [-0.25, -0.2) is 4.98 Å². The Bertz CT molecular complexity index is 2690. The Kier molecular flexibility index (Phi) is 6.00. The first-order chi connectivity index (χ1) is 24.8. The number of rotatable bonds is 2. The van der Waals surface area contributed by atoms with Crippen molar-refractivity contribution in [2.75, 3.05) is 4.90 Å². The van der Waals surface area contributed by atoms with Gasteiger partial charge in [0.15, 0.2) is 0 Å². The van der Waals surface area contributed by atoms with E-state index < -0.39 is 5.41 Å². The number of hydrogen-bond donors (Lipinski definition) is 0. The number of nitrogens with zero attached hydrogens (tertiary/aromatic N) is 4. The minimum absolute atomic E-state index is 0.577. The Balaban J connectivity index is 1.20. The van der Waals surface area contributed by atoms with Crippen molar-refractivity contribution in [2.45, 2.75) is 25.0 Å². The molecule has 8 aromatic rings. The third kappa shape index (κ3) is 3.77. The summed E-state index contributed by atoms with van der Waals surface area (Å²) in [6, 6.07) is 52.3. The van der Waals surface area contributed by atoms with E-state index in [1.807, 2.05) is 42.0 Å². The molecule has 4 nitrogen and oxygen atoms in total. The number of hydrogen-bond acceptors (Lipinski definition) is 6. The van der Waals surface area contributed by atoms with Gasteiger partial charge in [-0.1, -0.05) is 108 Å². The van der Waals surface area contributed by atoms with Crippen LogP contribution in [-0.2, 0) is 5.41 Å². The number of aromatic nitrogens is 3. The van der Waals surface area contributed by atoms with Crippen molar-refractivity contribution in [2.24, 2.45) is 0 Å². The van der Waals surface area contributed by atoms with Crippen LogP contribution in [0.4, 0.5) is 17.1 Å². The van der Waals surface area contributed by atoms with Gasteiger partial charge in [0.05, 0.1) is 44.3 Å². The SMILES string of the molecule is c1ccc(N2c3ccccc3Sc3c2ccc2c3Sc3ccccc3C23c2cccnc2-c2nc(-c4cccc5ncccc45)ccc23)cc1. The molecule has 0 N–H and O–H groups in total. The molecule has 1 spiro atoms. The van der Waals surface area contributed by atoms with Gasteiger partial charge in [0.1, 0.15) is 0 Å². The minimum Gasteiger partial charge on any atom is -0.308 e. The summed E-state index contributed by atoms with van der Waals surface area (Å²) >= 11 is 3.76. The largest absolute Gasteiger partial charge is 0.308 e. The molecular formula is C44H26N4S2. The Morgan fingerprint density at radius 1 is 0.480 bits per heavy atom. The Morgan fingerprint density at radius 3 is 2.16 bits per heavy atom. The van der Waals surface area contributed by atoms with Gasteiger partial charge in [-0.05, 0) is 82.9 Å². The van der Waals surface area contributed by atoms with E-state index in [1.54, 1.807) is 0 Å². The molecule has 3 aromatic heterocycles. The van der Waals surface area contributed by atoms with E-state index in [2.05, 4.69) is 149 Å². The van der Waals surface area contributed by atoms with E-state index in [1.165, 1.54) is 53.2 Å². The van der Waals surface area contributed by atoms with Crippen molar-refractivity contribution in [3.05, 3.63) is 180 Å². The second-order valence-corrected chi connectivity index (χ2v) is 14.9. The quantitative estimate of drug-likeness (QED) is 0.182. The molecule has 0 saturated carbocycles. The highest BCUT2D eigenvalue weighted by Crippen LogP contribution is 2.65. The minimum atomic E-state index is -0.577. The maximum Gasteiger partial charge on any atom is 0.0945 e. The van der Waals surface area contributed by atoms with E-state index >= 15 is 0 Å². The number of para-hydroxylation sites is 2. The zero-order chi connectivity index (χ0) is 32.8. The van der Waals surface area contributed by atoms with Crippen LogP contribution in [0.15, 0.2) is 178 Å². The van der Waals surface area contributed by atoms with Gasteiger partial charge < -0.3 is 4.90 Å². The van der Waals surface area contributed by atoms with Gasteiger partial charge >= 0.3 is 0 Å². The summed E-state index contributed by atoms with van der Waals surface area (Å²) in [5.74, 6) is 0. The third-order valence-electron chi connectivity index (χ3n) is 10.2. The maximum atomic E-state index is 5.47. The monoisotopic (exact) mass is 674 g/mol. The molecule has 0 radical (unpaired) electrons. The highest BCUT2D eigenvalue weighted by Gasteiger charge is 2.52. The zero-order valence-electron chi connectivity index (χ0n) is 26.6.